The van der Waals surface area contributed by atoms with Crippen molar-refractivity contribution in [2.75, 3.05) is 34.3 Å². The van der Waals surface area contributed by atoms with Gasteiger partial charge in [0.1, 0.15) is 11.5 Å². The summed E-state index contributed by atoms with van der Waals surface area (Å²) in [4.78, 5) is 32.8. The van der Waals surface area contributed by atoms with Crippen molar-refractivity contribution in [2.24, 2.45) is 0 Å². The van der Waals surface area contributed by atoms with E-state index in [9.17, 15) is 14.7 Å². The zero-order valence-corrected chi connectivity index (χ0v) is 17.8. The molecule has 0 saturated carbocycles. The fraction of sp³-hybridized carbons (Fsp3) is 0.250. The highest BCUT2D eigenvalue weighted by atomic mass is 16.5. The maximum atomic E-state index is 13.1. The Morgan fingerprint density at radius 3 is 2.52 bits per heavy atom. The van der Waals surface area contributed by atoms with Crippen LogP contribution in [0.5, 0.6) is 5.75 Å². The maximum absolute atomic E-state index is 13.1. The average Bonchev–Trinajstić information content (AvgIpc) is 3.31. The van der Waals surface area contributed by atoms with Gasteiger partial charge in [-0.05, 0) is 44.4 Å². The molecule has 1 unspecified atom stereocenters. The molecule has 2 N–H and O–H groups in total. The molecule has 1 aromatic heterocycles. The van der Waals surface area contributed by atoms with Crippen molar-refractivity contribution in [1.29, 1.82) is 0 Å². The fourth-order valence-corrected chi connectivity index (χ4v) is 3.97. The number of ketones is 1. The van der Waals surface area contributed by atoms with E-state index in [2.05, 4.69) is 4.98 Å². The van der Waals surface area contributed by atoms with Gasteiger partial charge in [-0.25, -0.2) is 0 Å². The highest BCUT2D eigenvalue weighted by Gasteiger charge is 2.46. The first-order valence-corrected chi connectivity index (χ1v) is 10.1. The van der Waals surface area contributed by atoms with Gasteiger partial charge < -0.3 is 24.6 Å². The first-order chi connectivity index (χ1) is 14.9. The lowest BCUT2D eigenvalue weighted by Crippen LogP contribution is -2.35. The summed E-state index contributed by atoms with van der Waals surface area (Å²) < 4.78 is 5.18. The minimum Gasteiger partial charge on any atom is -0.507 e. The molecular weight excluding hydrogens is 394 g/mol. The topological polar surface area (TPSA) is 85.9 Å². The van der Waals surface area contributed by atoms with Crippen LogP contribution in [0.25, 0.3) is 16.7 Å². The molecule has 2 heterocycles. The fourth-order valence-electron chi connectivity index (χ4n) is 3.97. The van der Waals surface area contributed by atoms with E-state index in [1.54, 1.807) is 36.3 Å². The second kappa shape index (κ2) is 8.28. The number of ether oxygens (including phenoxy) is 1. The molecule has 7 heteroatoms. The summed E-state index contributed by atoms with van der Waals surface area (Å²) in [6, 6.07) is 13.8. The average molecular weight is 419 g/mol. The molecule has 7 nitrogen and oxygen atoms in total. The minimum absolute atomic E-state index is 0.0960. The van der Waals surface area contributed by atoms with Crippen molar-refractivity contribution in [3.8, 4) is 5.75 Å². The van der Waals surface area contributed by atoms with Crippen LogP contribution in [0.15, 0.2) is 60.3 Å². The number of carbonyl (C=O) groups is 2. The minimum atomic E-state index is -0.682. The van der Waals surface area contributed by atoms with E-state index in [0.29, 0.717) is 24.4 Å². The van der Waals surface area contributed by atoms with E-state index in [-0.39, 0.29) is 11.3 Å². The Morgan fingerprint density at radius 2 is 1.84 bits per heavy atom. The number of likely N-dealkylation sites (N-methyl/N-ethyl adjacent to an activating group) is 1. The number of H-pyrrole nitrogens is 1. The lowest BCUT2D eigenvalue weighted by atomic mass is 9.95. The normalized spacial score (nSPS) is 18.3. The number of aliphatic hydroxyl groups excluding tert-OH is 1. The number of aliphatic hydroxyl groups is 1. The van der Waals surface area contributed by atoms with Crippen LogP contribution >= 0.6 is 0 Å². The summed E-state index contributed by atoms with van der Waals surface area (Å²) in [6.45, 7) is 0.954. The number of benzene rings is 2. The Labute approximate surface area is 180 Å². The predicted octanol–water partition coefficient (Wildman–Crippen LogP) is 3.16. The van der Waals surface area contributed by atoms with Crippen LogP contribution in [0.3, 0.4) is 0 Å². The van der Waals surface area contributed by atoms with Gasteiger partial charge in [-0.2, -0.15) is 0 Å². The third kappa shape index (κ3) is 3.68. The third-order valence-corrected chi connectivity index (χ3v) is 5.61. The van der Waals surface area contributed by atoms with Gasteiger partial charge in [-0.1, -0.05) is 18.2 Å². The van der Waals surface area contributed by atoms with Crippen molar-refractivity contribution in [1.82, 2.24) is 14.8 Å². The number of nitrogens with one attached hydrogen (secondary N) is 1. The second-order valence-corrected chi connectivity index (χ2v) is 7.81. The summed E-state index contributed by atoms with van der Waals surface area (Å²) in [6.07, 6.45) is 1.81. The summed E-state index contributed by atoms with van der Waals surface area (Å²) in [5, 5.41) is 12.0. The molecule has 1 saturated heterocycles. The Morgan fingerprint density at radius 1 is 1.13 bits per heavy atom. The van der Waals surface area contributed by atoms with Gasteiger partial charge in [0.15, 0.2) is 0 Å². The Kier molecular flexibility index (Phi) is 5.52. The SMILES string of the molecule is COc1ccc(/C(O)=C2\C(=O)C(=O)N(CCN(C)C)C2c2c[nH]c3ccccc23)cc1. The molecule has 0 bridgehead atoms. The third-order valence-electron chi connectivity index (χ3n) is 5.61. The summed E-state index contributed by atoms with van der Waals surface area (Å²) in [5.74, 6) is -0.839. The number of nitrogens with zero attached hydrogens (tertiary/aromatic N) is 2. The van der Waals surface area contributed by atoms with Crippen molar-refractivity contribution >= 4 is 28.4 Å². The van der Waals surface area contributed by atoms with E-state index in [0.717, 1.165) is 16.5 Å². The number of methoxy groups -OCH3 is 1. The van der Waals surface area contributed by atoms with Crippen LogP contribution in [0.1, 0.15) is 17.2 Å². The lowest BCUT2D eigenvalue weighted by molar-refractivity contribution is -0.140. The number of Topliss-reactive ketones (excluding diaryl/α,β-unsaturated/α-hetero) is 1. The number of rotatable bonds is 6. The molecule has 31 heavy (non-hydrogen) atoms. The number of likely N-dealkylation sites (tertiary alicyclic amines) is 1. The molecule has 1 aliphatic rings. The van der Waals surface area contributed by atoms with Gasteiger partial charge in [0.2, 0.25) is 0 Å². The Balaban J connectivity index is 1.88. The van der Waals surface area contributed by atoms with E-state index in [4.69, 9.17) is 4.74 Å². The zero-order valence-electron chi connectivity index (χ0n) is 17.8. The number of hydrogen-bond donors (Lipinski definition) is 2. The van der Waals surface area contributed by atoms with Crippen LogP contribution in [-0.2, 0) is 9.59 Å². The van der Waals surface area contributed by atoms with Gasteiger partial charge in [0.25, 0.3) is 11.7 Å². The largest absolute Gasteiger partial charge is 0.507 e. The molecule has 2 aromatic carbocycles. The van der Waals surface area contributed by atoms with Gasteiger partial charge in [-0.3, -0.25) is 9.59 Å². The van der Waals surface area contributed by atoms with E-state index < -0.39 is 17.7 Å². The maximum Gasteiger partial charge on any atom is 0.295 e. The number of aromatic nitrogens is 1. The zero-order chi connectivity index (χ0) is 22.1. The number of amides is 1. The molecule has 1 atom stereocenters. The van der Waals surface area contributed by atoms with Gasteiger partial charge >= 0.3 is 0 Å². The number of carbonyl (C=O) groups excluding carboxylic acids is 2. The molecule has 3 aromatic rings. The number of para-hydroxylation sites is 1. The van der Waals surface area contributed by atoms with Crippen LogP contribution in [0.2, 0.25) is 0 Å². The molecule has 1 aliphatic heterocycles. The summed E-state index contributed by atoms with van der Waals surface area (Å²) >= 11 is 0. The highest BCUT2D eigenvalue weighted by Crippen LogP contribution is 2.41. The van der Waals surface area contributed by atoms with Crippen LogP contribution in [0, 0.1) is 0 Å². The summed E-state index contributed by atoms with van der Waals surface area (Å²) in [7, 11) is 5.38. The number of fused-ring (bicyclic) bond motifs is 1. The monoisotopic (exact) mass is 419 g/mol. The second-order valence-electron chi connectivity index (χ2n) is 7.81. The molecule has 1 amide bonds. The molecule has 0 spiro atoms. The smallest absolute Gasteiger partial charge is 0.295 e. The van der Waals surface area contributed by atoms with E-state index >= 15 is 0 Å². The van der Waals surface area contributed by atoms with Gasteiger partial charge in [0.05, 0.1) is 18.7 Å². The molecule has 1 fully saturated rings. The number of hydrogen-bond acceptors (Lipinski definition) is 5. The molecular formula is C24H25N3O4. The van der Waals surface area contributed by atoms with Crippen LogP contribution in [-0.4, -0.2) is 65.9 Å². The predicted molar refractivity (Wildman–Crippen MR) is 119 cm³/mol. The van der Waals surface area contributed by atoms with Crippen molar-refractivity contribution in [3.63, 3.8) is 0 Å². The van der Waals surface area contributed by atoms with Crippen molar-refractivity contribution < 1.29 is 19.4 Å². The van der Waals surface area contributed by atoms with Crippen molar-refractivity contribution in [3.05, 3.63) is 71.4 Å². The van der Waals surface area contributed by atoms with E-state index in [1.807, 2.05) is 49.5 Å². The highest BCUT2D eigenvalue weighted by molar-refractivity contribution is 6.46. The van der Waals surface area contributed by atoms with Crippen LogP contribution < -0.4 is 4.74 Å². The molecule has 160 valence electrons. The first-order valence-electron chi connectivity index (χ1n) is 10.1. The van der Waals surface area contributed by atoms with Gasteiger partial charge in [-0.15, -0.1) is 0 Å². The standard InChI is InChI=1S/C24H25N3O4/c1-26(2)12-13-27-21(18-14-25-19-7-5-4-6-17(18)19)20(23(29)24(27)30)22(28)15-8-10-16(31-3)11-9-15/h4-11,14,21,25,28H,12-13H2,1-3H3/b22-20+. The van der Waals surface area contributed by atoms with E-state index in [1.165, 1.54) is 0 Å². The van der Waals surface area contributed by atoms with Gasteiger partial charge in [0, 0.05) is 41.3 Å². The lowest BCUT2D eigenvalue weighted by Gasteiger charge is -2.26. The molecule has 0 aliphatic carbocycles. The summed E-state index contributed by atoms with van der Waals surface area (Å²) in [5.41, 5.74) is 2.23. The quantitative estimate of drug-likeness (QED) is 0.364. The Bertz CT molecular complexity index is 1160. The van der Waals surface area contributed by atoms with Crippen LogP contribution in [0.4, 0.5) is 0 Å². The first kappa shape index (κ1) is 20.7. The molecule has 4 rings (SSSR count). The van der Waals surface area contributed by atoms with Crippen molar-refractivity contribution in [2.45, 2.75) is 6.04 Å². The molecule has 0 radical (unpaired) electrons. The number of aromatic amines is 1. The Hall–Kier alpha value is -3.58.